The van der Waals surface area contributed by atoms with Gasteiger partial charge in [0.05, 0.1) is 19.8 Å². The molecule has 0 saturated carbocycles. The Balaban J connectivity index is 1.65. The quantitative estimate of drug-likeness (QED) is 0.743. The third kappa shape index (κ3) is 4.11. The molecule has 0 atom stereocenters. The van der Waals surface area contributed by atoms with Crippen LogP contribution >= 0.6 is 0 Å². The van der Waals surface area contributed by atoms with Crippen LogP contribution in [0.1, 0.15) is 32.6 Å². The minimum absolute atomic E-state index is 0.209. The Bertz CT molecular complexity index is 906. The molecule has 0 aliphatic carbocycles. The highest BCUT2D eigenvalue weighted by molar-refractivity contribution is 5.92. The lowest BCUT2D eigenvalue weighted by atomic mass is 9.99. The molecule has 0 fully saturated rings. The predicted octanol–water partition coefficient (Wildman–Crippen LogP) is 3.06. The van der Waals surface area contributed by atoms with Crippen molar-refractivity contribution in [1.82, 2.24) is 4.90 Å². The number of carbonyl (C=O) groups is 2. The zero-order chi connectivity index (χ0) is 20.3. The van der Waals surface area contributed by atoms with E-state index in [4.69, 9.17) is 14.2 Å². The zero-order valence-electron chi connectivity index (χ0n) is 16.7. The maximum Gasteiger partial charge on any atom is 0.338 e. The van der Waals surface area contributed by atoms with E-state index in [1.54, 1.807) is 25.2 Å². The summed E-state index contributed by atoms with van der Waals surface area (Å²) in [6.07, 6.45) is 0.715. The van der Waals surface area contributed by atoms with Crippen LogP contribution in [0, 0.1) is 13.8 Å². The van der Waals surface area contributed by atoms with Gasteiger partial charge in [-0.2, -0.15) is 0 Å². The number of nitrogens with zero attached hydrogens (tertiary/aromatic N) is 1. The van der Waals surface area contributed by atoms with Crippen LogP contribution in [0.25, 0.3) is 0 Å². The van der Waals surface area contributed by atoms with Gasteiger partial charge in [0.25, 0.3) is 5.91 Å². The predicted molar refractivity (Wildman–Crippen MR) is 105 cm³/mol. The van der Waals surface area contributed by atoms with Crippen LogP contribution in [0.4, 0.5) is 0 Å². The number of aryl methyl sites for hydroxylation is 2. The summed E-state index contributed by atoms with van der Waals surface area (Å²) in [6.45, 7) is 4.52. The fourth-order valence-corrected chi connectivity index (χ4v) is 3.35. The van der Waals surface area contributed by atoms with Gasteiger partial charge < -0.3 is 19.1 Å². The number of rotatable bonds is 5. The number of fused-ring (bicyclic) bond motifs is 1. The molecule has 6 heteroatoms. The van der Waals surface area contributed by atoms with Crippen LogP contribution in [-0.2, 0) is 22.5 Å². The van der Waals surface area contributed by atoms with Crippen molar-refractivity contribution in [3.05, 3.63) is 58.1 Å². The first-order valence-corrected chi connectivity index (χ1v) is 9.19. The highest BCUT2D eigenvalue weighted by Crippen LogP contribution is 2.33. The van der Waals surface area contributed by atoms with Gasteiger partial charge in [-0.05, 0) is 55.2 Å². The Hall–Kier alpha value is -3.02. The second-order valence-corrected chi connectivity index (χ2v) is 6.94. The number of amides is 1. The molecule has 6 nitrogen and oxygen atoms in total. The number of esters is 1. The van der Waals surface area contributed by atoms with Crippen LogP contribution in [0.2, 0.25) is 0 Å². The molecular weight excluding hydrogens is 358 g/mol. The number of benzene rings is 2. The Morgan fingerprint density at radius 3 is 2.36 bits per heavy atom. The maximum absolute atomic E-state index is 12.6. The van der Waals surface area contributed by atoms with E-state index in [-0.39, 0.29) is 12.5 Å². The van der Waals surface area contributed by atoms with Crippen LogP contribution < -0.4 is 9.47 Å². The van der Waals surface area contributed by atoms with E-state index >= 15 is 0 Å². The Morgan fingerprint density at radius 1 is 1.00 bits per heavy atom. The third-order valence-electron chi connectivity index (χ3n) is 5.01. The molecule has 148 valence electrons. The standard InChI is InChI=1S/C22H25NO5/c1-14-5-6-15(2)18(9-14)22(25)28-13-21(24)23-8-7-16-10-19(26-3)20(27-4)11-17(16)12-23/h5-6,9-11H,7-8,12-13H2,1-4H3. The second-order valence-electron chi connectivity index (χ2n) is 6.94. The van der Waals surface area contributed by atoms with Gasteiger partial charge in [0.15, 0.2) is 18.1 Å². The van der Waals surface area contributed by atoms with Gasteiger partial charge in [-0.15, -0.1) is 0 Å². The molecule has 1 aliphatic heterocycles. The first-order chi connectivity index (χ1) is 13.4. The molecule has 28 heavy (non-hydrogen) atoms. The molecule has 0 N–H and O–H groups in total. The molecule has 0 radical (unpaired) electrons. The van der Waals surface area contributed by atoms with Crippen LogP contribution in [0.5, 0.6) is 11.5 Å². The fraction of sp³-hybridized carbons (Fsp3) is 0.364. The van der Waals surface area contributed by atoms with E-state index in [2.05, 4.69) is 0 Å². The average molecular weight is 383 g/mol. The summed E-state index contributed by atoms with van der Waals surface area (Å²) < 4.78 is 16.0. The van der Waals surface area contributed by atoms with E-state index in [0.717, 1.165) is 22.3 Å². The Morgan fingerprint density at radius 2 is 1.68 bits per heavy atom. The number of hydrogen-bond acceptors (Lipinski definition) is 5. The van der Waals surface area contributed by atoms with Gasteiger partial charge in [0.2, 0.25) is 0 Å². The number of ether oxygens (including phenoxy) is 3. The van der Waals surface area contributed by atoms with Crippen molar-refractivity contribution in [3.63, 3.8) is 0 Å². The van der Waals surface area contributed by atoms with Crippen molar-refractivity contribution >= 4 is 11.9 Å². The number of hydrogen-bond donors (Lipinski definition) is 0. The lowest BCUT2D eigenvalue weighted by Crippen LogP contribution is -2.38. The molecular formula is C22H25NO5. The molecule has 0 spiro atoms. The Labute approximate surface area is 165 Å². The molecule has 1 amide bonds. The summed E-state index contributed by atoms with van der Waals surface area (Å²) in [5, 5.41) is 0. The van der Waals surface area contributed by atoms with E-state index in [9.17, 15) is 9.59 Å². The minimum Gasteiger partial charge on any atom is -0.493 e. The third-order valence-corrected chi connectivity index (χ3v) is 5.01. The first kappa shape index (κ1) is 19.7. The highest BCUT2D eigenvalue weighted by atomic mass is 16.5. The molecule has 0 saturated heterocycles. The molecule has 0 aromatic heterocycles. The summed E-state index contributed by atoms with van der Waals surface area (Å²) in [4.78, 5) is 26.6. The van der Waals surface area contributed by atoms with E-state index in [1.807, 2.05) is 38.1 Å². The van der Waals surface area contributed by atoms with Crippen molar-refractivity contribution in [2.45, 2.75) is 26.8 Å². The van der Waals surface area contributed by atoms with Crippen LogP contribution in [-0.4, -0.2) is 44.1 Å². The van der Waals surface area contributed by atoms with Gasteiger partial charge >= 0.3 is 5.97 Å². The maximum atomic E-state index is 12.6. The van der Waals surface area contributed by atoms with E-state index in [0.29, 0.717) is 36.6 Å². The van der Waals surface area contributed by atoms with Gasteiger partial charge in [0, 0.05) is 13.1 Å². The van der Waals surface area contributed by atoms with Gasteiger partial charge in [-0.25, -0.2) is 4.79 Å². The summed E-state index contributed by atoms with van der Waals surface area (Å²) in [5.74, 6) is 0.637. The smallest absolute Gasteiger partial charge is 0.338 e. The molecule has 3 rings (SSSR count). The average Bonchev–Trinajstić information content (AvgIpc) is 2.71. The van der Waals surface area contributed by atoms with Crippen molar-refractivity contribution in [3.8, 4) is 11.5 Å². The molecule has 1 aliphatic rings. The van der Waals surface area contributed by atoms with Gasteiger partial charge in [0.1, 0.15) is 0 Å². The lowest BCUT2D eigenvalue weighted by molar-refractivity contribution is -0.135. The molecule has 0 bridgehead atoms. The van der Waals surface area contributed by atoms with Gasteiger partial charge in [-0.3, -0.25) is 4.79 Å². The fourth-order valence-electron chi connectivity index (χ4n) is 3.35. The van der Waals surface area contributed by atoms with Crippen LogP contribution in [0.15, 0.2) is 30.3 Å². The SMILES string of the molecule is COc1cc2c(cc1OC)CN(C(=O)COC(=O)c1cc(C)ccc1C)CC2. The van der Waals surface area contributed by atoms with E-state index in [1.165, 1.54) is 0 Å². The topological polar surface area (TPSA) is 65.1 Å². The van der Waals surface area contributed by atoms with Crippen molar-refractivity contribution in [2.75, 3.05) is 27.4 Å². The molecule has 2 aromatic rings. The lowest BCUT2D eigenvalue weighted by Gasteiger charge is -2.29. The zero-order valence-corrected chi connectivity index (χ0v) is 16.7. The van der Waals surface area contributed by atoms with E-state index < -0.39 is 5.97 Å². The summed E-state index contributed by atoms with van der Waals surface area (Å²) in [6, 6.07) is 9.44. The summed E-state index contributed by atoms with van der Waals surface area (Å²) in [5.41, 5.74) is 4.44. The molecule has 0 unspecified atom stereocenters. The van der Waals surface area contributed by atoms with Crippen LogP contribution in [0.3, 0.4) is 0 Å². The number of carbonyl (C=O) groups excluding carboxylic acids is 2. The van der Waals surface area contributed by atoms with Crippen molar-refractivity contribution in [2.24, 2.45) is 0 Å². The monoisotopic (exact) mass is 383 g/mol. The van der Waals surface area contributed by atoms with Crippen molar-refractivity contribution in [1.29, 1.82) is 0 Å². The highest BCUT2D eigenvalue weighted by Gasteiger charge is 2.24. The molecule has 2 aromatic carbocycles. The van der Waals surface area contributed by atoms with Gasteiger partial charge in [-0.1, -0.05) is 17.7 Å². The summed E-state index contributed by atoms with van der Waals surface area (Å²) in [7, 11) is 3.19. The Kier molecular flexibility index (Phi) is 5.87. The largest absolute Gasteiger partial charge is 0.493 e. The summed E-state index contributed by atoms with van der Waals surface area (Å²) >= 11 is 0. The first-order valence-electron chi connectivity index (χ1n) is 9.19. The molecule has 1 heterocycles. The van der Waals surface area contributed by atoms with Crippen molar-refractivity contribution < 1.29 is 23.8 Å². The normalized spacial score (nSPS) is 12.9. The minimum atomic E-state index is -0.474. The number of methoxy groups -OCH3 is 2. The second kappa shape index (κ2) is 8.33.